The van der Waals surface area contributed by atoms with Crippen LogP contribution < -0.4 is 11.1 Å². The molecule has 3 N–H and O–H groups in total. The van der Waals surface area contributed by atoms with E-state index in [9.17, 15) is 4.79 Å². The van der Waals surface area contributed by atoms with Crippen LogP contribution in [0.5, 0.6) is 0 Å². The lowest BCUT2D eigenvalue weighted by Crippen LogP contribution is -2.52. The molecule has 19 heavy (non-hydrogen) atoms. The molecule has 0 aromatic heterocycles. The minimum absolute atomic E-state index is 0. The van der Waals surface area contributed by atoms with Gasteiger partial charge in [-0.15, -0.1) is 12.4 Å². The first-order valence-corrected chi connectivity index (χ1v) is 6.73. The molecule has 0 bridgehead atoms. The van der Waals surface area contributed by atoms with E-state index in [0.717, 1.165) is 32.1 Å². The Morgan fingerprint density at radius 1 is 1.37 bits per heavy atom. The molecule has 1 amide bonds. The van der Waals surface area contributed by atoms with Gasteiger partial charge in [-0.25, -0.2) is 0 Å². The highest BCUT2D eigenvalue weighted by molar-refractivity contribution is 5.86. The average Bonchev–Trinajstić information content (AvgIpc) is 2.77. The summed E-state index contributed by atoms with van der Waals surface area (Å²) in [5.74, 6) is 0.0210. The van der Waals surface area contributed by atoms with Gasteiger partial charge >= 0.3 is 0 Å². The lowest BCUT2D eigenvalue weighted by Gasteiger charge is -2.22. The highest BCUT2D eigenvalue weighted by atomic mass is 35.5. The molecular weight excluding hydrogens is 260 g/mol. The molecule has 2 rings (SSSR count). The molecule has 1 aliphatic carbocycles. The fourth-order valence-corrected chi connectivity index (χ4v) is 2.60. The molecule has 106 valence electrons. The van der Waals surface area contributed by atoms with Crippen LogP contribution in [0.3, 0.4) is 0 Å². The van der Waals surface area contributed by atoms with Crippen molar-refractivity contribution in [2.24, 2.45) is 5.73 Å². The SMILES string of the molecule is Cc1cccc(CCNC(=O)C2(N)CCCC2)c1.Cl. The first-order chi connectivity index (χ1) is 8.60. The van der Waals surface area contributed by atoms with E-state index in [2.05, 4.69) is 30.4 Å². The monoisotopic (exact) mass is 282 g/mol. The Morgan fingerprint density at radius 3 is 2.68 bits per heavy atom. The Hall–Kier alpha value is -1.06. The Morgan fingerprint density at radius 2 is 2.05 bits per heavy atom. The number of halogens is 1. The maximum Gasteiger partial charge on any atom is 0.240 e. The fraction of sp³-hybridized carbons (Fsp3) is 0.533. The van der Waals surface area contributed by atoms with Gasteiger partial charge in [0.2, 0.25) is 5.91 Å². The van der Waals surface area contributed by atoms with Crippen molar-refractivity contribution in [3.63, 3.8) is 0 Å². The Balaban J connectivity index is 0.00000180. The largest absolute Gasteiger partial charge is 0.354 e. The van der Waals surface area contributed by atoms with Crippen molar-refractivity contribution in [2.45, 2.75) is 44.6 Å². The molecule has 0 spiro atoms. The summed E-state index contributed by atoms with van der Waals surface area (Å²) < 4.78 is 0. The molecule has 0 radical (unpaired) electrons. The van der Waals surface area contributed by atoms with E-state index in [0.29, 0.717) is 6.54 Å². The van der Waals surface area contributed by atoms with Gasteiger partial charge < -0.3 is 11.1 Å². The zero-order chi connectivity index (χ0) is 13.0. The molecule has 1 aromatic carbocycles. The quantitative estimate of drug-likeness (QED) is 0.891. The summed E-state index contributed by atoms with van der Waals surface area (Å²) in [4.78, 5) is 12.0. The number of hydrogen-bond acceptors (Lipinski definition) is 2. The second-order valence-corrected chi connectivity index (χ2v) is 5.36. The number of benzene rings is 1. The van der Waals surface area contributed by atoms with Crippen LogP contribution in [-0.2, 0) is 11.2 Å². The highest BCUT2D eigenvalue weighted by Gasteiger charge is 2.36. The summed E-state index contributed by atoms with van der Waals surface area (Å²) in [6, 6.07) is 8.37. The van der Waals surface area contributed by atoms with Crippen molar-refractivity contribution in [1.82, 2.24) is 5.32 Å². The van der Waals surface area contributed by atoms with Crippen LogP contribution in [-0.4, -0.2) is 18.0 Å². The molecule has 0 aliphatic heterocycles. The van der Waals surface area contributed by atoms with E-state index >= 15 is 0 Å². The lowest BCUT2D eigenvalue weighted by atomic mass is 9.98. The first kappa shape index (κ1) is 16.0. The van der Waals surface area contributed by atoms with Gasteiger partial charge in [-0.3, -0.25) is 4.79 Å². The van der Waals surface area contributed by atoms with E-state index in [1.165, 1.54) is 11.1 Å². The minimum atomic E-state index is -0.605. The highest BCUT2D eigenvalue weighted by Crippen LogP contribution is 2.27. The van der Waals surface area contributed by atoms with Crippen LogP contribution in [0, 0.1) is 6.92 Å². The summed E-state index contributed by atoms with van der Waals surface area (Å²) in [6.45, 7) is 2.75. The van der Waals surface area contributed by atoms with Gasteiger partial charge in [0.1, 0.15) is 0 Å². The smallest absolute Gasteiger partial charge is 0.240 e. The number of carbonyl (C=O) groups is 1. The molecule has 0 unspecified atom stereocenters. The zero-order valence-electron chi connectivity index (χ0n) is 11.4. The van der Waals surface area contributed by atoms with Crippen molar-refractivity contribution in [3.05, 3.63) is 35.4 Å². The van der Waals surface area contributed by atoms with Gasteiger partial charge in [-0.2, -0.15) is 0 Å². The van der Waals surface area contributed by atoms with Crippen molar-refractivity contribution in [2.75, 3.05) is 6.54 Å². The van der Waals surface area contributed by atoms with Crippen molar-refractivity contribution < 1.29 is 4.79 Å². The predicted molar refractivity (Wildman–Crippen MR) is 80.5 cm³/mol. The topological polar surface area (TPSA) is 55.1 Å². The van der Waals surface area contributed by atoms with Gasteiger partial charge in [0, 0.05) is 6.54 Å². The zero-order valence-corrected chi connectivity index (χ0v) is 12.3. The summed E-state index contributed by atoms with van der Waals surface area (Å²) >= 11 is 0. The standard InChI is InChI=1S/C15H22N2O.ClH/c1-12-5-4-6-13(11-12)7-10-17-14(18)15(16)8-2-3-9-15;/h4-6,11H,2-3,7-10,16H2,1H3,(H,17,18);1H. The molecule has 3 nitrogen and oxygen atoms in total. The van der Waals surface area contributed by atoms with E-state index in [1.54, 1.807) is 0 Å². The molecule has 1 fully saturated rings. The van der Waals surface area contributed by atoms with Crippen molar-refractivity contribution in [1.29, 1.82) is 0 Å². The average molecular weight is 283 g/mol. The molecule has 0 atom stereocenters. The second-order valence-electron chi connectivity index (χ2n) is 5.36. The third-order valence-electron chi connectivity index (χ3n) is 3.73. The third kappa shape index (κ3) is 4.22. The van der Waals surface area contributed by atoms with E-state index < -0.39 is 5.54 Å². The van der Waals surface area contributed by atoms with Crippen molar-refractivity contribution >= 4 is 18.3 Å². The number of rotatable bonds is 4. The maximum absolute atomic E-state index is 12.0. The minimum Gasteiger partial charge on any atom is -0.354 e. The van der Waals surface area contributed by atoms with Gasteiger partial charge in [-0.05, 0) is 31.7 Å². The number of nitrogens with one attached hydrogen (secondary N) is 1. The number of nitrogens with two attached hydrogens (primary N) is 1. The molecule has 0 saturated heterocycles. The first-order valence-electron chi connectivity index (χ1n) is 6.73. The van der Waals surface area contributed by atoms with Crippen LogP contribution in [0.15, 0.2) is 24.3 Å². The van der Waals surface area contributed by atoms with E-state index in [1.807, 2.05) is 6.07 Å². The van der Waals surface area contributed by atoms with Crippen molar-refractivity contribution in [3.8, 4) is 0 Å². The number of amides is 1. The lowest BCUT2D eigenvalue weighted by molar-refractivity contribution is -0.126. The normalized spacial score (nSPS) is 16.7. The fourth-order valence-electron chi connectivity index (χ4n) is 2.60. The summed E-state index contributed by atoms with van der Waals surface area (Å²) in [5, 5.41) is 2.97. The molecule has 1 saturated carbocycles. The molecule has 0 heterocycles. The number of carbonyl (C=O) groups excluding carboxylic acids is 1. The van der Waals surface area contributed by atoms with Crippen LogP contribution in [0.1, 0.15) is 36.8 Å². The molecule has 1 aromatic rings. The van der Waals surface area contributed by atoms with Crippen LogP contribution in [0.25, 0.3) is 0 Å². The Kier molecular flexibility index (Phi) is 5.83. The Labute approximate surface area is 121 Å². The van der Waals surface area contributed by atoms with Gasteiger partial charge in [0.15, 0.2) is 0 Å². The molecule has 1 aliphatic rings. The third-order valence-corrected chi connectivity index (χ3v) is 3.73. The summed E-state index contributed by atoms with van der Waals surface area (Å²) in [6.07, 6.45) is 4.65. The van der Waals surface area contributed by atoms with Gasteiger partial charge in [-0.1, -0.05) is 42.7 Å². The van der Waals surface area contributed by atoms with E-state index in [-0.39, 0.29) is 18.3 Å². The molecular formula is C15H23ClN2O. The second kappa shape index (κ2) is 6.92. The van der Waals surface area contributed by atoms with E-state index in [4.69, 9.17) is 5.73 Å². The maximum atomic E-state index is 12.0. The number of aryl methyl sites for hydroxylation is 1. The molecule has 4 heteroatoms. The number of hydrogen-bond donors (Lipinski definition) is 2. The predicted octanol–water partition coefficient (Wildman–Crippen LogP) is 2.35. The summed E-state index contributed by atoms with van der Waals surface area (Å²) in [5.41, 5.74) is 8.00. The van der Waals surface area contributed by atoms with Crippen LogP contribution in [0.4, 0.5) is 0 Å². The van der Waals surface area contributed by atoms with Gasteiger partial charge in [0.05, 0.1) is 5.54 Å². The Bertz CT molecular complexity index is 428. The van der Waals surface area contributed by atoms with Crippen LogP contribution >= 0.6 is 12.4 Å². The van der Waals surface area contributed by atoms with Crippen LogP contribution in [0.2, 0.25) is 0 Å². The van der Waals surface area contributed by atoms with Gasteiger partial charge in [0.25, 0.3) is 0 Å². The summed E-state index contributed by atoms with van der Waals surface area (Å²) in [7, 11) is 0.